The van der Waals surface area contributed by atoms with E-state index in [1.54, 1.807) is 31.3 Å². The molecule has 4 heteroatoms. The minimum atomic E-state index is -0.0762. The highest BCUT2D eigenvalue weighted by Gasteiger charge is 2.12. The Labute approximate surface area is 91.1 Å². The van der Waals surface area contributed by atoms with Gasteiger partial charge in [0.1, 0.15) is 6.07 Å². The maximum Gasteiger partial charge on any atom is 0.237 e. The van der Waals surface area contributed by atoms with E-state index in [9.17, 15) is 4.79 Å². The third-order valence-corrected chi connectivity index (χ3v) is 2.35. The van der Waals surface area contributed by atoms with Crippen LogP contribution in [0.15, 0.2) is 24.3 Å². The van der Waals surface area contributed by atoms with Gasteiger partial charge in [-0.05, 0) is 12.1 Å². The van der Waals surface area contributed by atoms with Gasteiger partial charge in [-0.1, -0.05) is 28.1 Å². The molecule has 0 radical (unpaired) electrons. The van der Waals surface area contributed by atoms with Gasteiger partial charge in [-0.3, -0.25) is 4.79 Å². The lowest BCUT2D eigenvalue weighted by atomic mass is 10.2. The number of carbonyl (C=O) groups excluding carboxylic acids is 1. The van der Waals surface area contributed by atoms with Crippen LogP contribution in [0.2, 0.25) is 0 Å². The van der Waals surface area contributed by atoms with Crippen molar-refractivity contribution < 1.29 is 4.79 Å². The quantitative estimate of drug-likeness (QED) is 0.756. The molecule has 1 aromatic carbocycles. The van der Waals surface area contributed by atoms with Crippen LogP contribution in [0.5, 0.6) is 0 Å². The molecule has 0 heterocycles. The number of amides is 1. The lowest BCUT2D eigenvalue weighted by Crippen LogP contribution is -2.27. The van der Waals surface area contributed by atoms with Crippen molar-refractivity contribution in [2.75, 3.05) is 17.3 Å². The van der Waals surface area contributed by atoms with Crippen molar-refractivity contribution in [3.8, 4) is 6.07 Å². The Hall–Kier alpha value is -1.34. The largest absolute Gasteiger partial charge is 0.313 e. The topological polar surface area (TPSA) is 44.1 Å². The molecule has 0 spiro atoms. The van der Waals surface area contributed by atoms with Gasteiger partial charge in [0, 0.05) is 7.05 Å². The van der Waals surface area contributed by atoms with Gasteiger partial charge in [-0.2, -0.15) is 5.26 Å². The lowest BCUT2D eigenvalue weighted by molar-refractivity contribution is -0.115. The van der Waals surface area contributed by atoms with Gasteiger partial charge < -0.3 is 4.90 Å². The molecule has 1 amide bonds. The first kappa shape index (κ1) is 10.7. The maximum absolute atomic E-state index is 11.4. The first-order chi connectivity index (χ1) is 6.70. The molecular formula is C10H9BrN2O. The Balaban J connectivity index is 3.07. The molecule has 0 aliphatic heterocycles. The molecule has 14 heavy (non-hydrogen) atoms. The predicted octanol–water partition coefficient (Wildman–Crippen LogP) is 1.92. The van der Waals surface area contributed by atoms with Crippen LogP contribution in [0.3, 0.4) is 0 Å². The fraction of sp³-hybridized carbons (Fsp3) is 0.200. The van der Waals surface area contributed by atoms with Gasteiger partial charge in [0.15, 0.2) is 0 Å². The minimum absolute atomic E-state index is 0.0762. The van der Waals surface area contributed by atoms with Gasteiger partial charge in [-0.15, -0.1) is 0 Å². The van der Waals surface area contributed by atoms with E-state index in [-0.39, 0.29) is 11.2 Å². The summed E-state index contributed by atoms with van der Waals surface area (Å²) in [5.74, 6) is -0.0762. The van der Waals surface area contributed by atoms with E-state index >= 15 is 0 Å². The summed E-state index contributed by atoms with van der Waals surface area (Å²) in [6.45, 7) is 0. The zero-order valence-corrected chi connectivity index (χ0v) is 9.28. The predicted molar refractivity (Wildman–Crippen MR) is 58.4 cm³/mol. The highest BCUT2D eigenvalue weighted by atomic mass is 79.9. The van der Waals surface area contributed by atoms with Crippen LogP contribution in [0.4, 0.5) is 5.69 Å². The van der Waals surface area contributed by atoms with Gasteiger partial charge in [0.2, 0.25) is 5.91 Å². The molecule has 0 saturated heterocycles. The van der Waals surface area contributed by atoms with Gasteiger partial charge in [0.05, 0.1) is 16.6 Å². The Kier molecular flexibility index (Phi) is 3.66. The standard InChI is InChI=1S/C10H9BrN2O/c1-13(10(14)6-11)9-5-3-2-4-8(9)7-12/h2-5H,6H2,1H3. The van der Waals surface area contributed by atoms with Crippen LogP contribution >= 0.6 is 15.9 Å². The third-order valence-electron chi connectivity index (χ3n) is 1.87. The van der Waals surface area contributed by atoms with Crippen molar-refractivity contribution >= 4 is 27.5 Å². The number of nitrogens with zero attached hydrogens (tertiary/aromatic N) is 2. The molecule has 0 atom stereocenters. The summed E-state index contributed by atoms with van der Waals surface area (Å²) in [6, 6.07) is 9.06. The lowest BCUT2D eigenvalue weighted by Gasteiger charge is -2.16. The van der Waals surface area contributed by atoms with Gasteiger partial charge in [-0.25, -0.2) is 0 Å². The fourth-order valence-corrected chi connectivity index (χ4v) is 1.46. The number of halogens is 1. The summed E-state index contributed by atoms with van der Waals surface area (Å²) in [6.07, 6.45) is 0. The number of hydrogen-bond donors (Lipinski definition) is 0. The number of anilines is 1. The molecule has 0 fully saturated rings. The van der Waals surface area contributed by atoms with E-state index in [1.807, 2.05) is 6.07 Å². The van der Waals surface area contributed by atoms with Gasteiger partial charge >= 0.3 is 0 Å². The molecule has 0 bridgehead atoms. The second kappa shape index (κ2) is 4.77. The van der Waals surface area contributed by atoms with E-state index in [2.05, 4.69) is 15.9 Å². The second-order valence-corrected chi connectivity index (χ2v) is 3.28. The Bertz CT molecular complexity index is 384. The summed E-state index contributed by atoms with van der Waals surface area (Å²) in [5, 5.41) is 9.08. The van der Waals surface area contributed by atoms with E-state index in [1.165, 1.54) is 4.90 Å². The normalized spacial score (nSPS) is 9.21. The molecule has 0 N–H and O–H groups in total. The highest BCUT2D eigenvalue weighted by Crippen LogP contribution is 2.18. The highest BCUT2D eigenvalue weighted by molar-refractivity contribution is 9.09. The number of hydrogen-bond acceptors (Lipinski definition) is 2. The molecule has 0 aromatic heterocycles. The molecule has 0 saturated carbocycles. The van der Waals surface area contributed by atoms with Crippen LogP contribution in [0.1, 0.15) is 5.56 Å². The number of nitriles is 1. The summed E-state index contributed by atoms with van der Waals surface area (Å²) in [7, 11) is 1.65. The molecule has 0 unspecified atom stereocenters. The van der Waals surface area contributed by atoms with Crippen molar-refractivity contribution in [1.29, 1.82) is 5.26 Å². The first-order valence-electron chi connectivity index (χ1n) is 4.02. The zero-order valence-electron chi connectivity index (χ0n) is 7.70. The van der Waals surface area contributed by atoms with Crippen molar-refractivity contribution in [2.24, 2.45) is 0 Å². The maximum atomic E-state index is 11.4. The van der Waals surface area contributed by atoms with E-state index in [0.29, 0.717) is 11.3 Å². The van der Waals surface area contributed by atoms with Crippen LogP contribution in [0.25, 0.3) is 0 Å². The molecular weight excluding hydrogens is 244 g/mol. The van der Waals surface area contributed by atoms with Gasteiger partial charge in [0.25, 0.3) is 0 Å². The summed E-state index contributed by atoms with van der Waals surface area (Å²) in [4.78, 5) is 12.8. The van der Waals surface area contributed by atoms with Crippen LogP contribution in [-0.2, 0) is 4.79 Å². The Morgan fingerprint density at radius 1 is 1.57 bits per heavy atom. The fourth-order valence-electron chi connectivity index (χ4n) is 1.08. The van der Waals surface area contributed by atoms with E-state index in [4.69, 9.17) is 5.26 Å². The summed E-state index contributed by atoms with van der Waals surface area (Å²) >= 11 is 3.09. The number of benzene rings is 1. The number of rotatable bonds is 2. The van der Waals surface area contributed by atoms with Crippen LogP contribution < -0.4 is 4.90 Å². The smallest absolute Gasteiger partial charge is 0.237 e. The first-order valence-corrected chi connectivity index (χ1v) is 5.14. The van der Waals surface area contributed by atoms with Crippen LogP contribution in [0, 0.1) is 11.3 Å². The SMILES string of the molecule is CN(C(=O)CBr)c1ccccc1C#N. The monoisotopic (exact) mass is 252 g/mol. The van der Waals surface area contributed by atoms with E-state index < -0.39 is 0 Å². The third kappa shape index (κ3) is 2.12. The zero-order chi connectivity index (χ0) is 10.6. The average Bonchev–Trinajstić information content (AvgIpc) is 2.26. The number of alkyl halides is 1. The molecule has 3 nitrogen and oxygen atoms in total. The van der Waals surface area contributed by atoms with Crippen LogP contribution in [-0.4, -0.2) is 18.3 Å². The second-order valence-electron chi connectivity index (χ2n) is 2.72. The average molecular weight is 253 g/mol. The molecule has 1 rings (SSSR count). The Morgan fingerprint density at radius 3 is 2.79 bits per heavy atom. The molecule has 0 aliphatic rings. The Morgan fingerprint density at radius 2 is 2.21 bits per heavy atom. The number of para-hydroxylation sites is 1. The van der Waals surface area contributed by atoms with Crippen molar-refractivity contribution in [2.45, 2.75) is 0 Å². The molecule has 1 aromatic rings. The summed E-state index contributed by atoms with van der Waals surface area (Å²) < 4.78 is 0. The van der Waals surface area contributed by atoms with Crippen molar-refractivity contribution in [3.05, 3.63) is 29.8 Å². The molecule has 72 valence electrons. The van der Waals surface area contributed by atoms with Crippen molar-refractivity contribution in [1.82, 2.24) is 0 Å². The number of carbonyl (C=O) groups is 1. The molecule has 0 aliphatic carbocycles. The van der Waals surface area contributed by atoms with E-state index in [0.717, 1.165) is 0 Å². The summed E-state index contributed by atoms with van der Waals surface area (Å²) in [5.41, 5.74) is 1.14. The minimum Gasteiger partial charge on any atom is -0.313 e. The van der Waals surface area contributed by atoms with Crippen molar-refractivity contribution in [3.63, 3.8) is 0 Å².